The first-order chi connectivity index (χ1) is 15.0. The fourth-order valence-corrected chi connectivity index (χ4v) is 6.61. The molecule has 1 saturated heterocycles. The first kappa shape index (κ1) is 23.9. The summed E-state index contributed by atoms with van der Waals surface area (Å²) in [5.41, 5.74) is 1.45. The lowest BCUT2D eigenvalue weighted by Crippen LogP contribution is -2.61. The quantitative estimate of drug-likeness (QED) is 0.651. The predicted octanol–water partition coefficient (Wildman–Crippen LogP) is 3.33. The topological polar surface area (TPSA) is 111 Å². The second-order valence-corrected chi connectivity index (χ2v) is 11.5. The number of likely N-dealkylation sites (tertiary alicyclic amines) is 1. The second-order valence-electron chi connectivity index (χ2n) is 11.5. The van der Waals surface area contributed by atoms with Gasteiger partial charge in [0.2, 0.25) is 5.91 Å². The lowest BCUT2D eigenvalue weighted by molar-refractivity contribution is -0.191. The minimum Gasteiger partial charge on any atom is -0.446 e. The summed E-state index contributed by atoms with van der Waals surface area (Å²) < 4.78 is 52.6. The number of nitrogens with two attached hydrogens (primary N) is 1. The molecule has 8 nitrogen and oxygen atoms in total. The second kappa shape index (κ2) is 7.15. The van der Waals surface area contributed by atoms with E-state index in [1.54, 1.807) is 20.8 Å². The molecule has 0 aromatic heterocycles. The van der Waals surface area contributed by atoms with Gasteiger partial charge in [-0.25, -0.2) is 9.59 Å². The van der Waals surface area contributed by atoms with Crippen LogP contribution in [0.25, 0.3) is 0 Å². The number of hydrogen-bond donors (Lipinski definition) is 2. The van der Waals surface area contributed by atoms with Gasteiger partial charge >= 0.3 is 18.4 Å². The van der Waals surface area contributed by atoms with Crippen LogP contribution in [-0.2, 0) is 14.3 Å². The highest BCUT2D eigenvalue weighted by Gasteiger charge is 2.78. The van der Waals surface area contributed by atoms with Gasteiger partial charge in [0.15, 0.2) is 5.54 Å². The van der Waals surface area contributed by atoms with Crippen LogP contribution in [0, 0.1) is 22.7 Å². The summed E-state index contributed by atoms with van der Waals surface area (Å²) in [6, 6.07) is 0. The van der Waals surface area contributed by atoms with E-state index in [2.05, 4.69) is 0 Å². The Labute approximate surface area is 190 Å². The minimum absolute atomic E-state index is 0.0220. The SMILES string of the molecule is CC1CC23CC(C[C@]2(C(N)=O)C3)[C@H]1OC(=O)N1CCC(NC(=O)OC(C)(C)C)(C(F)(F)F)C1. The van der Waals surface area contributed by atoms with Crippen LogP contribution in [0.3, 0.4) is 0 Å². The van der Waals surface area contributed by atoms with Crippen LogP contribution in [0.5, 0.6) is 0 Å². The number of amides is 3. The Bertz CT molecular complexity index is 874. The zero-order valence-corrected chi connectivity index (χ0v) is 19.4. The average molecular weight is 476 g/mol. The number of nitrogens with zero attached hydrogens (tertiary/aromatic N) is 1. The van der Waals surface area contributed by atoms with Crippen molar-refractivity contribution in [1.82, 2.24) is 10.2 Å². The smallest absolute Gasteiger partial charge is 0.413 e. The molecular weight excluding hydrogens is 443 g/mol. The molecule has 33 heavy (non-hydrogen) atoms. The number of primary amides is 1. The van der Waals surface area contributed by atoms with Crippen molar-refractivity contribution < 1.29 is 37.0 Å². The standard InChI is InChI=1S/C22H32F3N3O5/c1-12-7-19-8-13(9-20(19,10-19)15(26)29)14(12)32-17(31)28-6-5-21(11-28,22(23,24)25)27-16(30)33-18(2,3)4/h12-14H,5-11H2,1-4H3,(H2,26,29)(H,27,30)/t12?,13?,14-,19?,20+,21?/m0/s1. The molecular formula is C22H32F3N3O5. The van der Waals surface area contributed by atoms with Crippen LogP contribution < -0.4 is 11.1 Å². The van der Waals surface area contributed by atoms with Crippen LogP contribution in [0.1, 0.15) is 59.8 Å². The summed E-state index contributed by atoms with van der Waals surface area (Å²) in [6.45, 7) is 5.63. The van der Waals surface area contributed by atoms with Crippen molar-refractivity contribution in [2.45, 2.75) is 83.2 Å². The first-order valence-corrected chi connectivity index (χ1v) is 11.4. The zero-order chi connectivity index (χ0) is 24.6. The molecule has 3 aliphatic carbocycles. The van der Waals surface area contributed by atoms with Crippen LogP contribution in [-0.4, -0.2) is 59.5 Å². The molecule has 0 radical (unpaired) electrons. The third-order valence-electron chi connectivity index (χ3n) is 8.05. The molecule has 3 saturated carbocycles. The highest BCUT2D eigenvalue weighted by molar-refractivity contribution is 5.86. The van der Waals surface area contributed by atoms with E-state index < -0.39 is 54.0 Å². The molecule has 1 heterocycles. The first-order valence-electron chi connectivity index (χ1n) is 11.4. The lowest BCUT2D eigenvalue weighted by Gasteiger charge is -2.37. The maximum atomic E-state index is 14.0. The molecule has 3 N–H and O–H groups in total. The zero-order valence-electron chi connectivity index (χ0n) is 19.4. The van der Waals surface area contributed by atoms with E-state index in [-0.39, 0.29) is 29.7 Å². The number of hydrogen-bond acceptors (Lipinski definition) is 5. The Balaban J connectivity index is 1.42. The van der Waals surface area contributed by atoms with Gasteiger partial charge in [-0.05, 0) is 70.1 Å². The molecule has 1 aliphatic heterocycles. The molecule has 11 heteroatoms. The van der Waals surface area contributed by atoms with Crippen molar-refractivity contribution in [3.05, 3.63) is 0 Å². The van der Waals surface area contributed by atoms with Crippen molar-refractivity contribution in [2.75, 3.05) is 13.1 Å². The minimum atomic E-state index is -4.79. The summed E-state index contributed by atoms with van der Waals surface area (Å²) in [4.78, 5) is 38.0. The number of rotatable bonds is 3. The number of halogens is 3. The monoisotopic (exact) mass is 475 g/mol. The van der Waals surface area contributed by atoms with E-state index in [0.29, 0.717) is 12.8 Å². The fraction of sp³-hybridized carbons (Fsp3) is 0.864. The van der Waals surface area contributed by atoms with E-state index in [4.69, 9.17) is 15.2 Å². The van der Waals surface area contributed by atoms with E-state index in [9.17, 15) is 27.6 Å². The summed E-state index contributed by atoms with van der Waals surface area (Å²) in [6.07, 6.45) is -5.03. The Morgan fingerprint density at radius 2 is 1.79 bits per heavy atom. The van der Waals surface area contributed by atoms with Crippen molar-refractivity contribution in [3.8, 4) is 0 Å². The normalized spacial score (nSPS) is 39.6. The average Bonchev–Trinajstić information content (AvgIpc) is 2.95. The molecule has 4 aliphatic rings. The van der Waals surface area contributed by atoms with Gasteiger partial charge < -0.3 is 25.4 Å². The van der Waals surface area contributed by atoms with Crippen molar-refractivity contribution in [2.24, 2.45) is 28.4 Å². The van der Waals surface area contributed by atoms with E-state index >= 15 is 0 Å². The van der Waals surface area contributed by atoms with Gasteiger partial charge in [-0.1, -0.05) is 6.92 Å². The number of alkyl halides is 3. The van der Waals surface area contributed by atoms with Gasteiger partial charge in [0.25, 0.3) is 0 Å². The van der Waals surface area contributed by atoms with Gasteiger partial charge in [0, 0.05) is 6.54 Å². The van der Waals surface area contributed by atoms with E-state index in [1.807, 2.05) is 12.2 Å². The van der Waals surface area contributed by atoms with Crippen LogP contribution in [0.15, 0.2) is 0 Å². The maximum absolute atomic E-state index is 14.0. The molecule has 3 amide bonds. The maximum Gasteiger partial charge on any atom is 0.413 e. The van der Waals surface area contributed by atoms with E-state index in [1.165, 1.54) is 0 Å². The highest BCUT2D eigenvalue weighted by atomic mass is 19.4. The van der Waals surface area contributed by atoms with Gasteiger partial charge in [-0.3, -0.25) is 4.79 Å². The molecule has 0 aromatic carbocycles. The number of carbonyl (C=O) groups is 3. The molecule has 0 aromatic rings. The third kappa shape index (κ3) is 3.80. The lowest BCUT2D eigenvalue weighted by atomic mass is 9.75. The van der Waals surface area contributed by atoms with Crippen LogP contribution in [0.4, 0.5) is 22.8 Å². The fourth-order valence-electron chi connectivity index (χ4n) is 6.61. The van der Waals surface area contributed by atoms with Gasteiger partial charge in [-0.2, -0.15) is 13.2 Å². The predicted molar refractivity (Wildman–Crippen MR) is 110 cm³/mol. The largest absolute Gasteiger partial charge is 0.446 e. The number of alkyl carbamates (subject to hydrolysis) is 1. The molecule has 2 bridgehead atoms. The summed E-state index contributed by atoms with van der Waals surface area (Å²) >= 11 is 0. The summed E-state index contributed by atoms with van der Waals surface area (Å²) in [7, 11) is 0. The third-order valence-corrected chi connectivity index (χ3v) is 8.05. The highest BCUT2D eigenvalue weighted by Crippen LogP contribution is 2.80. The molecule has 6 atom stereocenters. The van der Waals surface area contributed by atoms with Crippen LogP contribution in [0.2, 0.25) is 0 Å². The molecule has 1 spiro atoms. The van der Waals surface area contributed by atoms with E-state index in [0.717, 1.165) is 17.7 Å². The van der Waals surface area contributed by atoms with Gasteiger partial charge in [0.05, 0.1) is 12.0 Å². The number of carbonyl (C=O) groups excluding carboxylic acids is 3. The van der Waals surface area contributed by atoms with Crippen molar-refractivity contribution in [1.29, 1.82) is 0 Å². The number of fused-ring (bicyclic) bond motifs is 1. The molecule has 4 unspecified atom stereocenters. The van der Waals surface area contributed by atoms with Crippen molar-refractivity contribution in [3.63, 3.8) is 0 Å². The summed E-state index contributed by atoms with van der Waals surface area (Å²) in [5, 5.41) is 1.95. The van der Waals surface area contributed by atoms with Crippen LogP contribution >= 0.6 is 0 Å². The Morgan fingerprint density at radius 1 is 1.12 bits per heavy atom. The Kier molecular flexibility index (Phi) is 5.19. The Hall–Kier alpha value is -2.20. The van der Waals surface area contributed by atoms with Crippen molar-refractivity contribution >= 4 is 18.1 Å². The van der Waals surface area contributed by atoms with Gasteiger partial charge in [-0.15, -0.1) is 0 Å². The number of nitrogens with one attached hydrogen (secondary N) is 1. The molecule has 4 rings (SSSR count). The molecule has 186 valence electrons. The summed E-state index contributed by atoms with van der Waals surface area (Å²) in [5.74, 6) is -0.369. The molecule has 4 fully saturated rings. The number of ether oxygens (including phenoxy) is 2. The Morgan fingerprint density at radius 3 is 2.36 bits per heavy atom. The van der Waals surface area contributed by atoms with Gasteiger partial charge in [0.1, 0.15) is 11.7 Å².